The van der Waals surface area contributed by atoms with E-state index in [1.165, 1.54) is 10.4 Å². The van der Waals surface area contributed by atoms with Gasteiger partial charge in [-0.2, -0.15) is 0 Å². The molecule has 1 heterocycles. The summed E-state index contributed by atoms with van der Waals surface area (Å²) in [4.78, 5) is 3.87. The average Bonchev–Trinajstić information content (AvgIpc) is 2.93. The SMILES string of the molecule is CCCN(Cc1ccccc1)C(c1cccs1)C(C)N. The molecule has 20 heavy (non-hydrogen) atoms. The minimum absolute atomic E-state index is 0.129. The van der Waals surface area contributed by atoms with E-state index in [-0.39, 0.29) is 6.04 Å². The highest BCUT2D eigenvalue weighted by Crippen LogP contribution is 2.29. The Morgan fingerprint density at radius 1 is 1.15 bits per heavy atom. The number of thiophene rings is 1. The van der Waals surface area contributed by atoms with Crippen molar-refractivity contribution in [2.45, 2.75) is 38.9 Å². The van der Waals surface area contributed by atoms with E-state index >= 15 is 0 Å². The first-order valence-corrected chi connectivity index (χ1v) is 8.17. The summed E-state index contributed by atoms with van der Waals surface area (Å²) in [5.74, 6) is 0. The first-order chi connectivity index (χ1) is 9.72. The summed E-state index contributed by atoms with van der Waals surface area (Å²) in [7, 11) is 0. The second-order valence-electron chi connectivity index (χ2n) is 5.28. The van der Waals surface area contributed by atoms with Gasteiger partial charge in [-0.15, -0.1) is 11.3 Å². The van der Waals surface area contributed by atoms with Gasteiger partial charge in [0, 0.05) is 17.5 Å². The Bertz CT molecular complexity index is 479. The van der Waals surface area contributed by atoms with Crippen molar-refractivity contribution in [3.63, 3.8) is 0 Å². The summed E-state index contributed by atoms with van der Waals surface area (Å²) >= 11 is 1.80. The fourth-order valence-electron chi connectivity index (χ4n) is 2.65. The Labute approximate surface area is 126 Å². The van der Waals surface area contributed by atoms with E-state index in [9.17, 15) is 0 Å². The molecule has 0 amide bonds. The molecule has 0 aliphatic heterocycles. The number of hydrogen-bond acceptors (Lipinski definition) is 3. The van der Waals surface area contributed by atoms with E-state index in [1.807, 2.05) is 0 Å². The number of nitrogens with two attached hydrogens (primary N) is 1. The minimum atomic E-state index is 0.129. The molecule has 2 rings (SSSR count). The highest BCUT2D eigenvalue weighted by molar-refractivity contribution is 7.10. The van der Waals surface area contributed by atoms with Gasteiger partial charge in [-0.25, -0.2) is 0 Å². The van der Waals surface area contributed by atoms with Gasteiger partial charge >= 0.3 is 0 Å². The quantitative estimate of drug-likeness (QED) is 0.833. The summed E-state index contributed by atoms with van der Waals surface area (Å²) < 4.78 is 0. The van der Waals surface area contributed by atoms with Crippen LogP contribution in [0.15, 0.2) is 47.8 Å². The largest absolute Gasteiger partial charge is 0.326 e. The standard InChI is InChI=1S/C17H24N2S/c1-3-11-19(13-15-8-5-4-6-9-15)17(14(2)18)16-10-7-12-20-16/h4-10,12,14,17H,3,11,13,18H2,1-2H3. The second-order valence-corrected chi connectivity index (χ2v) is 6.25. The molecule has 1 aromatic carbocycles. The Hall–Kier alpha value is -1.16. The Kier molecular flexibility index (Phi) is 5.77. The predicted molar refractivity (Wildman–Crippen MR) is 87.9 cm³/mol. The molecule has 0 fully saturated rings. The normalized spacial score (nSPS) is 14.4. The summed E-state index contributed by atoms with van der Waals surface area (Å²) in [5.41, 5.74) is 7.63. The van der Waals surface area contributed by atoms with E-state index in [2.05, 4.69) is 66.6 Å². The van der Waals surface area contributed by atoms with Gasteiger partial charge in [0.2, 0.25) is 0 Å². The van der Waals surface area contributed by atoms with Gasteiger partial charge in [0.25, 0.3) is 0 Å². The Morgan fingerprint density at radius 3 is 2.45 bits per heavy atom. The van der Waals surface area contributed by atoms with Gasteiger partial charge in [0.1, 0.15) is 0 Å². The van der Waals surface area contributed by atoms with Crippen LogP contribution in [0.2, 0.25) is 0 Å². The fraction of sp³-hybridized carbons (Fsp3) is 0.412. The van der Waals surface area contributed by atoms with Crippen molar-refractivity contribution in [2.24, 2.45) is 5.73 Å². The predicted octanol–water partition coefficient (Wildman–Crippen LogP) is 4.05. The van der Waals surface area contributed by atoms with Crippen LogP contribution in [0, 0.1) is 0 Å². The molecule has 2 aromatic rings. The molecular weight excluding hydrogens is 264 g/mol. The van der Waals surface area contributed by atoms with Crippen LogP contribution in [0.25, 0.3) is 0 Å². The summed E-state index contributed by atoms with van der Waals surface area (Å²) in [6.45, 7) is 6.36. The lowest BCUT2D eigenvalue weighted by Crippen LogP contribution is -2.39. The van der Waals surface area contributed by atoms with E-state index in [1.54, 1.807) is 11.3 Å². The number of hydrogen-bond donors (Lipinski definition) is 1. The second kappa shape index (κ2) is 7.58. The van der Waals surface area contributed by atoms with Gasteiger partial charge < -0.3 is 5.73 Å². The molecule has 2 atom stereocenters. The molecule has 2 nitrogen and oxygen atoms in total. The van der Waals surface area contributed by atoms with Crippen molar-refractivity contribution >= 4 is 11.3 Å². The lowest BCUT2D eigenvalue weighted by atomic mass is 10.1. The fourth-order valence-corrected chi connectivity index (χ4v) is 3.63. The van der Waals surface area contributed by atoms with E-state index < -0.39 is 0 Å². The van der Waals surface area contributed by atoms with Crippen molar-refractivity contribution in [3.05, 3.63) is 58.3 Å². The number of rotatable bonds is 7. The molecule has 0 aliphatic rings. The van der Waals surface area contributed by atoms with Gasteiger partial charge in [-0.1, -0.05) is 43.3 Å². The van der Waals surface area contributed by atoms with Crippen LogP contribution < -0.4 is 5.73 Å². The van der Waals surface area contributed by atoms with Crippen LogP contribution >= 0.6 is 11.3 Å². The van der Waals surface area contributed by atoms with E-state index in [4.69, 9.17) is 5.73 Å². The van der Waals surface area contributed by atoms with Crippen molar-refractivity contribution in [1.29, 1.82) is 0 Å². The van der Waals surface area contributed by atoms with E-state index in [0.29, 0.717) is 6.04 Å². The number of nitrogens with zero attached hydrogens (tertiary/aromatic N) is 1. The zero-order valence-corrected chi connectivity index (χ0v) is 13.1. The van der Waals surface area contributed by atoms with Crippen LogP contribution in [0.1, 0.15) is 36.8 Å². The van der Waals surface area contributed by atoms with Crippen LogP contribution in [-0.4, -0.2) is 17.5 Å². The zero-order valence-electron chi connectivity index (χ0n) is 12.3. The topological polar surface area (TPSA) is 29.3 Å². The molecule has 0 spiro atoms. The van der Waals surface area contributed by atoms with Gasteiger partial charge in [0.05, 0.1) is 6.04 Å². The van der Waals surface area contributed by atoms with Crippen molar-refractivity contribution in [1.82, 2.24) is 4.90 Å². The molecule has 0 saturated carbocycles. The third-order valence-corrected chi connectivity index (χ3v) is 4.41. The maximum absolute atomic E-state index is 6.28. The molecule has 0 saturated heterocycles. The Morgan fingerprint density at radius 2 is 1.90 bits per heavy atom. The van der Waals surface area contributed by atoms with Crippen LogP contribution in [-0.2, 0) is 6.54 Å². The van der Waals surface area contributed by atoms with Gasteiger partial charge in [0.15, 0.2) is 0 Å². The average molecular weight is 288 g/mol. The molecular formula is C17H24N2S. The minimum Gasteiger partial charge on any atom is -0.326 e. The molecule has 108 valence electrons. The van der Waals surface area contributed by atoms with Crippen molar-refractivity contribution in [2.75, 3.05) is 6.54 Å². The molecule has 0 radical (unpaired) electrons. The molecule has 3 heteroatoms. The zero-order chi connectivity index (χ0) is 14.4. The third kappa shape index (κ3) is 3.92. The highest BCUT2D eigenvalue weighted by Gasteiger charge is 2.24. The molecule has 1 aromatic heterocycles. The van der Waals surface area contributed by atoms with Crippen molar-refractivity contribution in [3.8, 4) is 0 Å². The summed E-state index contributed by atoms with van der Waals surface area (Å²) in [6, 6.07) is 15.4. The monoisotopic (exact) mass is 288 g/mol. The lowest BCUT2D eigenvalue weighted by Gasteiger charge is -2.33. The Balaban J connectivity index is 2.21. The maximum atomic E-state index is 6.28. The van der Waals surface area contributed by atoms with E-state index in [0.717, 1.165) is 19.5 Å². The molecule has 0 bridgehead atoms. The van der Waals surface area contributed by atoms with Crippen LogP contribution in [0.4, 0.5) is 0 Å². The number of benzene rings is 1. The maximum Gasteiger partial charge on any atom is 0.0593 e. The van der Waals surface area contributed by atoms with Crippen LogP contribution in [0.3, 0.4) is 0 Å². The third-order valence-electron chi connectivity index (χ3n) is 3.47. The van der Waals surface area contributed by atoms with Crippen molar-refractivity contribution < 1.29 is 0 Å². The highest BCUT2D eigenvalue weighted by atomic mass is 32.1. The lowest BCUT2D eigenvalue weighted by molar-refractivity contribution is 0.170. The van der Waals surface area contributed by atoms with Gasteiger partial charge in [-0.3, -0.25) is 4.90 Å². The molecule has 2 unspecified atom stereocenters. The first-order valence-electron chi connectivity index (χ1n) is 7.29. The summed E-state index contributed by atoms with van der Waals surface area (Å²) in [5, 5.41) is 2.14. The van der Waals surface area contributed by atoms with Gasteiger partial charge in [-0.05, 0) is 36.9 Å². The smallest absolute Gasteiger partial charge is 0.0593 e. The first kappa shape index (κ1) is 15.2. The molecule has 2 N–H and O–H groups in total. The molecule has 0 aliphatic carbocycles. The summed E-state index contributed by atoms with van der Waals surface area (Å²) in [6.07, 6.45) is 1.14. The van der Waals surface area contributed by atoms with Crippen LogP contribution in [0.5, 0.6) is 0 Å².